The number of benzene rings is 6. The largest absolute Gasteiger partial charge is 0.310 e. The van der Waals surface area contributed by atoms with Crippen LogP contribution in [0.15, 0.2) is 164 Å². The standard InChI is InChI=1S/C36H27NSi/c1-5-16-28(17-6-1)37(29-18-7-2-8-19-29)33-25-15-27-35-36(33)32-24-13-14-26-34(32)38(35,30-20-9-3-10-21-30)31-22-11-4-12-23-31/h1-27H. The van der Waals surface area contributed by atoms with Gasteiger partial charge in [0.15, 0.2) is 8.07 Å². The molecule has 0 aliphatic carbocycles. The van der Waals surface area contributed by atoms with Crippen molar-refractivity contribution in [1.29, 1.82) is 0 Å². The summed E-state index contributed by atoms with van der Waals surface area (Å²) in [6.07, 6.45) is 0. The Morgan fingerprint density at radius 2 is 0.816 bits per heavy atom. The van der Waals surface area contributed by atoms with E-state index >= 15 is 0 Å². The highest BCUT2D eigenvalue weighted by Gasteiger charge is 2.49. The summed E-state index contributed by atoms with van der Waals surface area (Å²) in [5.74, 6) is 0. The maximum absolute atomic E-state index is 2.53. The Bertz CT molecular complexity index is 1620. The molecule has 7 rings (SSSR count). The lowest BCUT2D eigenvalue weighted by Gasteiger charge is -2.32. The van der Waals surface area contributed by atoms with E-state index < -0.39 is 8.07 Å². The smallest absolute Gasteiger partial charge is 0.180 e. The van der Waals surface area contributed by atoms with E-state index in [1.165, 1.54) is 37.6 Å². The molecule has 0 bridgehead atoms. The van der Waals surface area contributed by atoms with Gasteiger partial charge in [0, 0.05) is 16.9 Å². The number of nitrogens with zero attached hydrogens (tertiary/aromatic N) is 1. The molecule has 6 aromatic carbocycles. The Balaban J connectivity index is 1.60. The number of para-hydroxylation sites is 2. The molecule has 1 aliphatic heterocycles. The van der Waals surface area contributed by atoms with Crippen LogP contribution in [0.2, 0.25) is 0 Å². The fourth-order valence-corrected chi connectivity index (χ4v) is 11.4. The molecule has 0 aromatic heterocycles. The zero-order valence-corrected chi connectivity index (χ0v) is 22.0. The maximum atomic E-state index is 2.41. The first-order chi connectivity index (χ1) is 18.9. The Labute approximate surface area is 225 Å². The van der Waals surface area contributed by atoms with Gasteiger partial charge in [0.1, 0.15) is 0 Å². The predicted octanol–water partition coefficient (Wildman–Crippen LogP) is 6.51. The summed E-state index contributed by atoms with van der Waals surface area (Å²) in [5.41, 5.74) is 6.21. The molecule has 6 aromatic rings. The Kier molecular flexibility index (Phi) is 5.53. The monoisotopic (exact) mass is 501 g/mol. The maximum Gasteiger partial charge on any atom is 0.180 e. The van der Waals surface area contributed by atoms with Gasteiger partial charge in [-0.25, -0.2) is 0 Å². The van der Waals surface area contributed by atoms with Gasteiger partial charge in [-0.1, -0.05) is 133 Å². The highest BCUT2D eigenvalue weighted by Crippen LogP contribution is 2.42. The normalized spacial score (nSPS) is 12.9. The quantitative estimate of drug-likeness (QED) is 0.243. The van der Waals surface area contributed by atoms with Crippen LogP contribution in [-0.4, -0.2) is 8.07 Å². The van der Waals surface area contributed by atoms with Crippen molar-refractivity contribution >= 4 is 45.9 Å². The average Bonchev–Trinajstić information content (AvgIpc) is 3.31. The van der Waals surface area contributed by atoms with E-state index in [1.807, 2.05) is 0 Å². The molecule has 2 heteroatoms. The van der Waals surface area contributed by atoms with Crippen LogP contribution in [0, 0.1) is 0 Å². The van der Waals surface area contributed by atoms with Crippen molar-refractivity contribution in [2.75, 3.05) is 4.90 Å². The Morgan fingerprint density at radius 3 is 1.37 bits per heavy atom. The molecule has 0 spiro atoms. The van der Waals surface area contributed by atoms with Crippen molar-refractivity contribution in [1.82, 2.24) is 0 Å². The predicted molar refractivity (Wildman–Crippen MR) is 164 cm³/mol. The first kappa shape index (κ1) is 22.5. The highest BCUT2D eigenvalue weighted by molar-refractivity contribution is 7.22. The highest BCUT2D eigenvalue weighted by atomic mass is 28.3. The minimum atomic E-state index is -2.53. The van der Waals surface area contributed by atoms with E-state index in [0.29, 0.717) is 0 Å². The molecule has 38 heavy (non-hydrogen) atoms. The summed E-state index contributed by atoms with van der Waals surface area (Å²) in [7, 11) is -2.53. The van der Waals surface area contributed by atoms with Crippen LogP contribution in [0.25, 0.3) is 11.1 Å². The second-order valence-corrected chi connectivity index (χ2v) is 13.5. The topological polar surface area (TPSA) is 3.24 Å². The molecule has 0 unspecified atom stereocenters. The third-order valence-electron chi connectivity index (χ3n) is 7.73. The number of hydrogen-bond donors (Lipinski definition) is 0. The van der Waals surface area contributed by atoms with Gasteiger partial charge in [-0.2, -0.15) is 0 Å². The van der Waals surface area contributed by atoms with Crippen LogP contribution in [-0.2, 0) is 0 Å². The van der Waals surface area contributed by atoms with E-state index in [1.54, 1.807) is 0 Å². The summed E-state index contributed by atoms with van der Waals surface area (Å²) in [6, 6.07) is 59.9. The molecule has 0 atom stereocenters. The van der Waals surface area contributed by atoms with Crippen LogP contribution in [0.3, 0.4) is 0 Å². The van der Waals surface area contributed by atoms with Crippen LogP contribution >= 0.6 is 0 Å². The third kappa shape index (κ3) is 3.38. The van der Waals surface area contributed by atoms with Crippen LogP contribution in [0.1, 0.15) is 0 Å². The Morgan fingerprint density at radius 1 is 0.368 bits per heavy atom. The molecule has 0 amide bonds. The van der Waals surface area contributed by atoms with Gasteiger partial charge in [-0.15, -0.1) is 0 Å². The zero-order chi connectivity index (χ0) is 25.4. The molecule has 0 fully saturated rings. The lowest BCUT2D eigenvalue weighted by Crippen LogP contribution is -2.72. The van der Waals surface area contributed by atoms with Crippen molar-refractivity contribution in [3.8, 4) is 11.1 Å². The minimum absolute atomic E-state index is 1.16. The van der Waals surface area contributed by atoms with Crippen LogP contribution in [0.5, 0.6) is 0 Å². The van der Waals surface area contributed by atoms with Gasteiger partial charge in [-0.3, -0.25) is 0 Å². The first-order valence-corrected chi connectivity index (χ1v) is 15.1. The third-order valence-corrected chi connectivity index (χ3v) is 12.6. The van der Waals surface area contributed by atoms with E-state index in [4.69, 9.17) is 0 Å². The summed E-state index contributed by atoms with van der Waals surface area (Å²) in [6.45, 7) is 0. The number of anilines is 3. The second-order valence-electron chi connectivity index (χ2n) is 9.73. The summed E-state index contributed by atoms with van der Waals surface area (Å²) in [5, 5.41) is 5.74. The molecule has 1 heterocycles. The number of fused-ring (bicyclic) bond motifs is 3. The van der Waals surface area contributed by atoms with Gasteiger partial charge in [0.05, 0.1) is 5.69 Å². The van der Waals surface area contributed by atoms with Gasteiger partial charge >= 0.3 is 0 Å². The van der Waals surface area contributed by atoms with E-state index in [2.05, 4.69) is 169 Å². The van der Waals surface area contributed by atoms with Crippen molar-refractivity contribution in [2.24, 2.45) is 0 Å². The zero-order valence-electron chi connectivity index (χ0n) is 21.0. The first-order valence-electron chi connectivity index (χ1n) is 13.1. The van der Waals surface area contributed by atoms with Crippen LogP contribution < -0.4 is 25.6 Å². The molecule has 0 saturated heterocycles. The van der Waals surface area contributed by atoms with Crippen molar-refractivity contribution < 1.29 is 0 Å². The van der Waals surface area contributed by atoms with Crippen molar-refractivity contribution in [2.45, 2.75) is 0 Å². The Hall–Kier alpha value is -4.66. The molecule has 0 N–H and O–H groups in total. The molecule has 1 aliphatic rings. The summed E-state index contributed by atoms with van der Waals surface area (Å²) in [4.78, 5) is 2.41. The number of hydrogen-bond acceptors (Lipinski definition) is 1. The molecule has 0 radical (unpaired) electrons. The van der Waals surface area contributed by atoms with Gasteiger partial charge in [-0.05, 0) is 56.6 Å². The van der Waals surface area contributed by atoms with Crippen LogP contribution in [0.4, 0.5) is 17.1 Å². The van der Waals surface area contributed by atoms with E-state index in [9.17, 15) is 0 Å². The lowest BCUT2D eigenvalue weighted by molar-refractivity contribution is 1.29. The van der Waals surface area contributed by atoms with Gasteiger partial charge in [0.25, 0.3) is 0 Å². The van der Waals surface area contributed by atoms with Crippen molar-refractivity contribution in [3.05, 3.63) is 164 Å². The summed E-state index contributed by atoms with van der Waals surface area (Å²) >= 11 is 0. The number of rotatable bonds is 5. The molecular weight excluding hydrogens is 474 g/mol. The van der Waals surface area contributed by atoms with Crippen molar-refractivity contribution in [3.63, 3.8) is 0 Å². The molecular formula is C36H27NSi. The van der Waals surface area contributed by atoms with Gasteiger partial charge in [0.2, 0.25) is 0 Å². The molecule has 0 saturated carbocycles. The van der Waals surface area contributed by atoms with E-state index in [-0.39, 0.29) is 0 Å². The fourth-order valence-electron chi connectivity index (χ4n) is 6.24. The lowest BCUT2D eigenvalue weighted by atomic mass is 10.0. The molecule has 1 nitrogen and oxygen atoms in total. The minimum Gasteiger partial charge on any atom is -0.310 e. The molecule has 180 valence electrons. The summed E-state index contributed by atoms with van der Waals surface area (Å²) < 4.78 is 0. The average molecular weight is 502 g/mol. The second kappa shape index (κ2) is 9.33. The van der Waals surface area contributed by atoms with E-state index in [0.717, 1.165) is 11.4 Å². The fraction of sp³-hybridized carbons (Fsp3) is 0. The SMILES string of the molecule is c1ccc(N(c2ccccc2)c2cccc3c2-c2ccccc2[Si]3(c2ccccc2)c2ccccc2)cc1. The van der Waals surface area contributed by atoms with Gasteiger partial charge < -0.3 is 4.90 Å².